The van der Waals surface area contributed by atoms with Crippen molar-refractivity contribution < 1.29 is 9.90 Å². The van der Waals surface area contributed by atoms with Crippen LogP contribution in [0.1, 0.15) is 27.0 Å². The molecule has 0 spiro atoms. The third-order valence-electron chi connectivity index (χ3n) is 3.68. The molecule has 0 atom stereocenters. The lowest BCUT2D eigenvalue weighted by Gasteiger charge is -1.97. The van der Waals surface area contributed by atoms with Gasteiger partial charge in [-0.15, -0.1) is 0 Å². The smallest absolute Gasteiger partial charge is 0.248 e. The molecule has 0 aliphatic carbocycles. The average molecular weight is 391 g/mol. The van der Waals surface area contributed by atoms with Crippen LogP contribution >= 0.6 is 11.6 Å². The van der Waals surface area contributed by atoms with E-state index in [9.17, 15) is 4.79 Å². The topological polar surface area (TPSA) is 87.2 Å². The van der Waals surface area contributed by atoms with Crippen LogP contribution in [-0.4, -0.2) is 17.2 Å². The normalized spacial score (nSPS) is 9.32. The molecule has 5 heteroatoms. The van der Waals surface area contributed by atoms with Gasteiger partial charge in [-0.05, 0) is 41.5 Å². The van der Waals surface area contributed by atoms with E-state index in [2.05, 4.69) is 24.0 Å². The maximum atomic E-state index is 10.5. The zero-order valence-corrected chi connectivity index (χ0v) is 15.8. The molecule has 0 fully saturated rings. The van der Waals surface area contributed by atoms with Crippen molar-refractivity contribution in [3.05, 3.63) is 100 Å². The Bertz CT molecular complexity index is 1000. The lowest BCUT2D eigenvalue weighted by atomic mass is 10.1. The zero-order chi connectivity index (χ0) is 20.4. The van der Waals surface area contributed by atoms with Gasteiger partial charge in [-0.3, -0.25) is 4.79 Å². The number of aromatic hydroxyl groups is 1. The molecule has 0 aliphatic heterocycles. The third-order valence-corrected chi connectivity index (χ3v) is 3.98. The summed E-state index contributed by atoms with van der Waals surface area (Å²) < 4.78 is 0. The summed E-state index contributed by atoms with van der Waals surface area (Å²) in [6, 6.07) is 21.9. The second-order valence-corrected chi connectivity index (χ2v) is 6.17. The average Bonchev–Trinajstić information content (AvgIpc) is 2.72. The molecule has 28 heavy (non-hydrogen) atoms. The quantitative estimate of drug-likeness (QED) is 0.456. The van der Waals surface area contributed by atoms with Crippen molar-refractivity contribution >= 4 is 23.7 Å². The van der Waals surface area contributed by atoms with E-state index in [0.29, 0.717) is 0 Å². The summed E-state index contributed by atoms with van der Waals surface area (Å²) in [4.78, 5) is 10.5. The number of hydrogen-bond acceptors (Lipinski definition) is 3. The number of carbonyl (C=O) groups is 1. The molecule has 4 nitrogen and oxygen atoms in total. The lowest BCUT2D eigenvalue weighted by molar-refractivity contribution is 0.100. The summed E-state index contributed by atoms with van der Waals surface area (Å²) >= 11 is 5.50. The summed E-state index contributed by atoms with van der Waals surface area (Å²) in [6.07, 6.45) is 2.11. The third kappa shape index (κ3) is 6.64. The first-order valence-electron chi connectivity index (χ1n) is 8.41. The number of phenols is 1. The Labute approximate surface area is 169 Å². The molecule has 0 unspecified atom stereocenters. The molecule has 3 aromatic rings. The van der Waals surface area contributed by atoms with Crippen molar-refractivity contribution in [1.29, 1.82) is 5.41 Å². The standard InChI is InChI=1S/C16H13N.C7H6ClNO2/c17-13-16-11-9-15(10-12-16)8-4-7-14-5-2-1-3-6-14;8-5-3-4(7(9)11)1-2-6(5)10/h1-3,5-6,9-13,17H,7H2;1-3,10H,(H2,9,11). The molecular formula is C23H19ClN2O2. The SMILES string of the molecule is N=Cc1ccc(C#CCc2ccccc2)cc1.NC(=O)c1ccc(O)c(Cl)c1. The van der Waals surface area contributed by atoms with Crippen LogP contribution < -0.4 is 5.73 Å². The van der Waals surface area contributed by atoms with Crippen molar-refractivity contribution in [2.45, 2.75) is 6.42 Å². The number of amides is 1. The molecule has 0 bridgehead atoms. The number of phenolic OH excluding ortho intramolecular Hbond substituents is 1. The Morgan fingerprint density at radius 1 is 1.07 bits per heavy atom. The molecule has 3 aromatic carbocycles. The number of primary amides is 1. The molecular weight excluding hydrogens is 372 g/mol. The van der Waals surface area contributed by atoms with E-state index in [-0.39, 0.29) is 16.3 Å². The molecule has 4 N–H and O–H groups in total. The zero-order valence-electron chi connectivity index (χ0n) is 15.0. The molecule has 0 aliphatic rings. The van der Waals surface area contributed by atoms with Crippen LogP contribution in [0.5, 0.6) is 5.75 Å². The number of nitrogens with two attached hydrogens (primary N) is 1. The largest absolute Gasteiger partial charge is 0.506 e. The fraction of sp³-hybridized carbons (Fsp3) is 0.0435. The predicted octanol–water partition coefficient (Wildman–Crippen LogP) is 4.42. The molecule has 0 saturated carbocycles. The fourth-order valence-electron chi connectivity index (χ4n) is 2.17. The van der Waals surface area contributed by atoms with E-state index in [1.165, 1.54) is 30.0 Å². The number of benzene rings is 3. The number of rotatable bonds is 3. The second kappa shape index (κ2) is 10.6. The van der Waals surface area contributed by atoms with E-state index in [4.69, 9.17) is 27.9 Å². The highest BCUT2D eigenvalue weighted by Gasteiger charge is 2.03. The first kappa shape index (κ1) is 20.8. The molecule has 0 radical (unpaired) electrons. The lowest BCUT2D eigenvalue weighted by Crippen LogP contribution is -2.10. The fourth-order valence-corrected chi connectivity index (χ4v) is 2.35. The first-order valence-corrected chi connectivity index (χ1v) is 8.79. The van der Waals surface area contributed by atoms with E-state index >= 15 is 0 Å². The van der Waals surface area contributed by atoms with Crippen LogP contribution in [-0.2, 0) is 6.42 Å². The minimum atomic E-state index is -0.563. The van der Waals surface area contributed by atoms with E-state index in [0.717, 1.165) is 17.5 Å². The summed E-state index contributed by atoms with van der Waals surface area (Å²) in [7, 11) is 0. The number of nitrogens with one attached hydrogen (secondary N) is 1. The highest BCUT2D eigenvalue weighted by molar-refractivity contribution is 6.32. The summed E-state index contributed by atoms with van der Waals surface area (Å²) in [6.45, 7) is 0. The van der Waals surface area contributed by atoms with Crippen molar-refractivity contribution in [3.63, 3.8) is 0 Å². The highest BCUT2D eigenvalue weighted by atomic mass is 35.5. The minimum Gasteiger partial charge on any atom is -0.506 e. The van der Waals surface area contributed by atoms with Gasteiger partial charge in [0, 0.05) is 23.8 Å². The van der Waals surface area contributed by atoms with Crippen molar-refractivity contribution in [2.24, 2.45) is 5.73 Å². The summed E-state index contributed by atoms with van der Waals surface area (Å²) in [5, 5.41) is 16.2. The van der Waals surface area contributed by atoms with Crippen LogP contribution in [0.4, 0.5) is 0 Å². The first-order chi connectivity index (χ1) is 13.5. The molecule has 0 saturated heterocycles. The van der Waals surface area contributed by atoms with Crippen molar-refractivity contribution in [1.82, 2.24) is 0 Å². The van der Waals surface area contributed by atoms with Gasteiger partial charge < -0.3 is 16.2 Å². The Kier molecular flexibility index (Phi) is 7.83. The maximum Gasteiger partial charge on any atom is 0.248 e. The van der Waals surface area contributed by atoms with Gasteiger partial charge in [0.2, 0.25) is 5.91 Å². The van der Waals surface area contributed by atoms with Gasteiger partial charge in [0.15, 0.2) is 0 Å². The Hall–Kier alpha value is -3.55. The van der Waals surface area contributed by atoms with Crippen molar-refractivity contribution in [3.8, 4) is 17.6 Å². The Morgan fingerprint density at radius 2 is 1.75 bits per heavy atom. The molecule has 0 heterocycles. The Morgan fingerprint density at radius 3 is 2.32 bits per heavy atom. The van der Waals surface area contributed by atoms with Crippen molar-refractivity contribution in [2.75, 3.05) is 0 Å². The van der Waals surface area contributed by atoms with Crippen LogP contribution in [0.15, 0.2) is 72.8 Å². The van der Waals surface area contributed by atoms with Gasteiger partial charge in [0.1, 0.15) is 5.75 Å². The van der Waals surface area contributed by atoms with Gasteiger partial charge in [-0.25, -0.2) is 0 Å². The molecule has 1 amide bonds. The van der Waals surface area contributed by atoms with Gasteiger partial charge in [-0.1, -0.05) is 65.9 Å². The van der Waals surface area contributed by atoms with Gasteiger partial charge in [0.05, 0.1) is 5.02 Å². The number of halogens is 1. The second-order valence-electron chi connectivity index (χ2n) is 5.76. The van der Waals surface area contributed by atoms with E-state index in [1.54, 1.807) is 0 Å². The van der Waals surface area contributed by atoms with Gasteiger partial charge in [0.25, 0.3) is 0 Å². The molecule has 140 valence electrons. The van der Waals surface area contributed by atoms with E-state index < -0.39 is 5.91 Å². The molecule has 3 rings (SSSR count). The van der Waals surface area contributed by atoms with E-state index in [1.807, 2.05) is 42.5 Å². The van der Waals surface area contributed by atoms with Crippen LogP contribution in [0.25, 0.3) is 0 Å². The minimum absolute atomic E-state index is 0.0586. The summed E-state index contributed by atoms with van der Waals surface area (Å²) in [5.74, 6) is 5.65. The molecule has 0 aromatic heterocycles. The van der Waals surface area contributed by atoms with Crippen LogP contribution in [0.2, 0.25) is 5.02 Å². The number of hydrogen-bond donors (Lipinski definition) is 3. The van der Waals surface area contributed by atoms with Crippen LogP contribution in [0.3, 0.4) is 0 Å². The highest BCUT2D eigenvalue weighted by Crippen LogP contribution is 2.23. The van der Waals surface area contributed by atoms with Crippen LogP contribution in [0, 0.1) is 17.3 Å². The predicted molar refractivity (Wildman–Crippen MR) is 113 cm³/mol. The number of carbonyl (C=O) groups excluding carboxylic acids is 1. The van der Waals surface area contributed by atoms with Gasteiger partial charge >= 0.3 is 0 Å². The Balaban J connectivity index is 0.000000221. The monoisotopic (exact) mass is 390 g/mol. The maximum absolute atomic E-state index is 10.5. The summed E-state index contributed by atoms with van der Waals surface area (Å²) in [5.41, 5.74) is 8.36. The van der Waals surface area contributed by atoms with Gasteiger partial charge in [-0.2, -0.15) is 0 Å².